The SMILES string of the molecule is CC.CC(C)C(=O)NC1CCC2(CC1)CN([C@@H](CO)C(N)=O)C2=O.S. The van der Waals surface area contributed by atoms with Crippen LogP contribution in [0.1, 0.15) is 53.4 Å². The Morgan fingerprint density at radius 1 is 1.32 bits per heavy atom. The monoisotopic (exact) mass is 375 g/mol. The molecule has 1 aliphatic carbocycles. The topological polar surface area (TPSA) is 113 Å². The van der Waals surface area contributed by atoms with E-state index in [2.05, 4.69) is 5.32 Å². The van der Waals surface area contributed by atoms with E-state index in [1.807, 2.05) is 27.7 Å². The van der Waals surface area contributed by atoms with Crippen molar-refractivity contribution in [1.29, 1.82) is 0 Å². The molecular formula is C17H33N3O4S. The Balaban J connectivity index is 0.00000185. The number of hydrogen-bond donors (Lipinski definition) is 3. The molecule has 1 saturated carbocycles. The number of nitrogens with zero attached hydrogens (tertiary/aromatic N) is 1. The molecule has 2 rings (SSSR count). The van der Waals surface area contributed by atoms with Crippen LogP contribution in [0.5, 0.6) is 0 Å². The molecule has 1 saturated heterocycles. The van der Waals surface area contributed by atoms with Gasteiger partial charge in [-0.25, -0.2) is 0 Å². The van der Waals surface area contributed by atoms with Gasteiger partial charge < -0.3 is 21.1 Å². The lowest BCUT2D eigenvalue weighted by Gasteiger charge is -2.53. The van der Waals surface area contributed by atoms with Gasteiger partial charge in [-0.3, -0.25) is 14.4 Å². The van der Waals surface area contributed by atoms with E-state index in [1.165, 1.54) is 4.90 Å². The molecule has 2 fully saturated rings. The lowest BCUT2D eigenvalue weighted by molar-refractivity contribution is -0.172. The fourth-order valence-electron chi connectivity index (χ4n) is 3.33. The van der Waals surface area contributed by atoms with E-state index in [0.717, 1.165) is 12.8 Å². The fraction of sp³-hybridized carbons (Fsp3) is 0.824. The standard InChI is InChI=1S/C15H25N3O4.C2H6.H2S/c1-9(2)13(21)17-10-3-5-15(6-4-10)8-18(14(15)22)11(7-19)12(16)20;1-2;/h9-11,19H,3-8H2,1-2H3,(H2,16,20)(H,17,21);1-2H3;1H2/t10?,11-,15?;;/m0../s1. The number of likely N-dealkylation sites (tertiary alicyclic amines) is 1. The van der Waals surface area contributed by atoms with E-state index < -0.39 is 24.0 Å². The molecule has 0 aromatic carbocycles. The first kappa shape index (κ1) is 23.7. The minimum Gasteiger partial charge on any atom is -0.394 e. The molecule has 0 aromatic rings. The number of β-lactam (4-membered cyclic amide) rings is 1. The van der Waals surface area contributed by atoms with Crippen LogP contribution >= 0.6 is 13.5 Å². The number of nitrogens with two attached hydrogens (primary N) is 1. The van der Waals surface area contributed by atoms with Crippen molar-refractivity contribution in [2.75, 3.05) is 13.2 Å². The van der Waals surface area contributed by atoms with Crippen LogP contribution in [0.15, 0.2) is 0 Å². The summed E-state index contributed by atoms with van der Waals surface area (Å²) >= 11 is 0. The van der Waals surface area contributed by atoms with Crippen molar-refractivity contribution in [3.63, 3.8) is 0 Å². The van der Waals surface area contributed by atoms with Crippen LogP contribution in [0.2, 0.25) is 0 Å². The maximum absolute atomic E-state index is 12.4. The third-order valence-electron chi connectivity index (χ3n) is 4.88. The predicted octanol–water partition coefficient (Wildman–Crippen LogP) is 0.515. The summed E-state index contributed by atoms with van der Waals surface area (Å²) < 4.78 is 0. The highest BCUT2D eigenvalue weighted by Crippen LogP contribution is 2.45. The molecule has 1 aliphatic heterocycles. The van der Waals surface area contributed by atoms with Gasteiger partial charge in [-0.1, -0.05) is 27.7 Å². The van der Waals surface area contributed by atoms with Gasteiger partial charge in [0.1, 0.15) is 6.04 Å². The van der Waals surface area contributed by atoms with Crippen LogP contribution in [0, 0.1) is 11.3 Å². The zero-order valence-corrected chi connectivity index (χ0v) is 16.7. The number of carbonyl (C=O) groups excluding carboxylic acids is 3. The van der Waals surface area contributed by atoms with Crippen LogP contribution in [0.3, 0.4) is 0 Å². The summed E-state index contributed by atoms with van der Waals surface area (Å²) in [4.78, 5) is 36.7. The molecule has 2 aliphatic rings. The second-order valence-corrected chi connectivity index (χ2v) is 6.75. The van der Waals surface area contributed by atoms with E-state index in [9.17, 15) is 19.5 Å². The van der Waals surface area contributed by atoms with Crippen molar-refractivity contribution in [2.24, 2.45) is 17.1 Å². The van der Waals surface area contributed by atoms with Crippen molar-refractivity contribution in [1.82, 2.24) is 10.2 Å². The number of primary amides is 1. The van der Waals surface area contributed by atoms with E-state index in [-0.39, 0.29) is 37.3 Å². The maximum Gasteiger partial charge on any atom is 0.242 e. The van der Waals surface area contributed by atoms with E-state index in [0.29, 0.717) is 19.4 Å². The first-order valence-corrected chi connectivity index (χ1v) is 8.82. The molecule has 0 unspecified atom stereocenters. The number of aliphatic hydroxyl groups is 1. The fourth-order valence-corrected chi connectivity index (χ4v) is 3.33. The van der Waals surface area contributed by atoms with Gasteiger partial charge in [-0.15, -0.1) is 0 Å². The second-order valence-electron chi connectivity index (χ2n) is 6.75. The largest absolute Gasteiger partial charge is 0.394 e. The van der Waals surface area contributed by atoms with Crippen LogP contribution < -0.4 is 11.1 Å². The number of aliphatic hydroxyl groups excluding tert-OH is 1. The van der Waals surface area contributed by atoms with Crippen molar-refractivity contribution >= 4 is 31.2 Å². The van der Waals surface area contributed by atoms with E-state index in [4.69, 9.17) is 5.73 Å². The number of nitrogens with one attached hydrogen (secondary N) is 1. The smallest absolute Gasteiger partial charge is 0.242 e. The van der Waals surface area contributed by atoms with Crippen LogP contribution in [-0.4, -0.2) is 53.0 Å². The first-order valence-electron chi connectivity index (χ1n) is 8.82. The van der Waals surface area contributed by atoms with Crippen LogP contribution in [0.4, 0.5) is 0 Å². The highest BCUT2D eigenvalue weighted by atomic mass is 32.1. The first-order chi connectivity index (χ1) is 11.3. The van der Waals surface area contributed by atoms with Gasteiger partial charge in [0.25, 0.3) is 0 Å². The molecule has 1 heterocycles. The molecular weight excluding hydrogens is 342 g/mol. The highest BCUT2D eigenvalue weighted by molar-refractivity contribution is 7.59. The molecule has 1 spiro atoms. The molecule has 0 radical (unpaired) electrons. The lowest BCUT2D eigenvalue weighted by atomic mass is 9.66. The summed E-state index contributed by atoms with van der Waals surface area (Å²) in [5, 5.41) is 12.2. The molecule has 7 nitrogen and oxygen atoms in total. The summed E-state index contributed by atoms with van der Waals surface area (Å²) in [6.45, 7) is 7.73. The van der Waals surface area contributed by atoms with Gasteiger partial charge in [0, 0.05) is 18.5 Å². The Bertz CT molecular complexity index is 477. The summed E-state index contributed by atoms with van der Waals surface area (Å²) in [7, 11) is 0. The van der Waals surface area contributed by atoms with Crippen LogP contribution in [-0.2, 0) is 14.4 Å². The van der Waals surface area contributed by atoms with Crippen molar-refractivity contribution in [2.45, 2.75) is 65.5 Å². The zero-order valence-electron chi connectivity index (χ0n) is 15.7. The van der Waals surface area contributed by atoms with Gasteiger partial charge in [-0.2, -0.15) is 13.5 Å². The number of hydrogen-bond acceptors (Lipinski definition) is 4. The predicted molar refractivity (Wildman–Crippen MR) is 101 cm³/mol. The van der Waals surface area contributed by atoms with Crippen molar-refractivity contribution in [3.8, 4) is 0 Å². The third kappa shape index (κ3) is 5.10. The number of carbonyl (C=O) groups is 3. The Morgan fingerprint density at radius 2 is 1.84 bits per heavy atom. The van der Waals surface area contributed by atoms with Gasteiger partial charge >= 0.3 is 0 Å². The normalized spacial score (nSPS) is 26.1. The molecule has 1 atom stereocenters. The third-order valence-corrected chi connectivity index (χ3v) is 4.88. The Kier molecular flexibility index (Phi) is 9.50. The Labute approximate surface area is 157 Å². The molecule has 3 amide bonds. The maximum atomic E-state index is 12.4. The highest BCUT2D eigenvalue weighted by Gasteiger charge is 2.55. The van der Waals surface area contributed by atoms with E-state index in [1.54, 1.807) is 0 Å². The number of amides is 3. The molecule has 4 N–H and O–H groups in total. The van der Waals surface area contributed by atoms with Gasteiger partial charge in [0.2, 0.25) is 17.7 Å². The van der Waals surface area contributed by atoms with E-state index >= 15 is 0 Å². The van der Waals surface area contributed by atoms with Crippen LogP contribution in [0.25, 0.3) is 0 Å². The zero-order chi connectivity index (χ0) is 18.5. The number of rotatable bonds is 5. The average Bonchev–Trinajstić information content (AvgIpc) is 2.57. The van der Waals surface area contributed by atoms with Crippen molar-refractivity contribution < 1.29 is 19.5 Å². The van der Waals surface area contributed by atoms with Crippen molar-refractivity contribution in [3.05, 3.63) is 0 Å². The molecule has 146 valence electrons. The van der Waals surface area contributed by atoms with Gasteiger partial charge in [0.05, 0.1) is 12.0 Å². The minimum atomic E-state index is -0.920. The van der Waals surface area contributed by atoms with Gasteiger partial charge in [0.15, 0.2) is 0 Å². The summed E-state index contributed by atoms with van der Waals surface area (Å²) in [6.07, 6.45) is 2.92. The lowest BCUT2D eigenvalue weighted by Crippen LogP contribution is -2.68. The second kappa shape index (κ2) is 10.0. The summed E-state index contributed by atoms with van der Waals surface area (Å²) in [5.41, 5.74) is 4.77. The average molecular weight is 376 g/mol. The molecule has 0 bridgehead atoms. The summed E-state index contributed by atoms with van der Waals surface area (Å²) in [5.74, 6) is -0.781. The quantitative estimate of drug-likeness (QED) is 0.608. The molecule has 0 aromatic heterocycles. The summed E-state index contributed by atoms with van der Waals surface area (Å²) in [6, 6.07) is -0.802. The minimum absolute atomic E-state index is 0. The Hall–Kier alpha value is -1.28. The Morgan fingerprint density at radius 3 is 2.20 bits per heavy atom. The molecule has 25 heavy (non-hydrogen) atoms. The van der Waals surface area contributed by atoms with Gasteiger partial charge in [-0.05, 0) is 25.7 Å². The molecule has 8 heteroatoms.